The number of ether oxygens (including phenoxy) is 2. The summed E-state index contributed by atoms with van der Waals surface area (Å²) in [6.45, 7) is 8.63. The number of hydrogen-bond acceptors (Lipinski definition) is 7. The number of anilines is 1. The van der Waals surface area contributed by atoms with Gasteiger partial charge in [0, 0.05) is 19.2 Å². The Morgan fingerprint density at radius 1 is 1.26 bits per heavy atom. The SMILES string of the molecule is CCn1cc(S(=O)(=O)N2c3cc(CC(=O)OC(C)(C)C(F)(F)F)ccc3O[C@H](CC(C)(C)C#N)[C@@H]2C)c(Cl)n1. The number of sulfonamides is 1. The Bertz CT molecular complexity index is 1400. The highest BCUT2D eigenvalue weighted by Crippen LogP contribution is 2.43. The van der Waals surface area contributed by atoms with Gasteiger partial charge >= 0.3 is 12.1 Å². The van der Waals surface area contributed by atoms with Crippen LogP contribution < -0.4 is 9.04 Å². The van der Waals surface area contributed by atoms with Gasteiger partial charge in [-0.2, -0.15) is 23.5 Å². The number of esters is 1. The van der Waals surface area contributed by atoms with Gasteiger partial charge in [0.1, 0.15) is 16.7 Å². The normalized spacial score (nSPS) is 18.2. The van der Waals surface area contributed by atoms with E-state index < -0.39 is 51.8 Å². The van der Waals surface area contributed by atoms with Gasteiger partial charge < -0.3 is 9.47 Å². The van der Waals surface area contributed by atoms with E-state index in [1.807, 2.05) is 0 Å². The van der Waals surface area contributed by atoms with E-state index >= 15 is 0 Å². The molecule has 0 unspecified atom stereocenters. The maximum Gasteiger partial charge on any atom is 0.427 e. The molecule has 1 aliphatic heterocycles. The topological polar surface area (TPSA) is 115 Å². The van der Waals surface area contributed by atoms with Crippen molar-refractivity contribution in [3.05, 3.63) is 35.1 Å². The van der Waals surface area contributed by atoms with Crippen molar-refractivity contribution >= 4 is 33.3 Å². The van der Waals surface area contributed by atoms with E-state index in [-0.39, 0.29) is 33.5 Å². The first kappa shape index (κ1) is 30.6. The first-order chi connectivity index (χ1) is 17.8. The zero-order valence-corrected chi connectivity index (χ0v) is 23.9. The average molecular weight is 591 g/mol. The summed E-state index contributed by atoms with van der Waals surface area (Å²) in [5.74, 6) is -0.987. The standard InChI is InChI=1S/C25H30ClF3N4O5S/c1-7-32-13-20(22(26)31-32)39(35,36)33-15(2)19(12-23(3,4)14-30)37-18-9-8-16(10-17(18)33)11-21(34)38-24(5,6)25(27,28)29/h8-10,13,15,19H,7,11-12H2,1-6H3/t15-,19+/m0/s1. The molecule has 214 valence electrons. The molecule has 1 aliphatic rings. The van der Waals surface area contributed by atoms with Gasteiger partial charge in [0.25, 0.3) is 10.0 Å². The highest BCUT2D eigenvalue weighted by Gasteiger charge is 2.51. The van der Waals surface area contributed by atoms with Crippen molar-refractivity contribution in [2.45, 2.75) is 89.7 Å². The predicted molar refractivity (Wildman–Crippen MR) is 137 cm³/mol. The van der Waals surface area contributed by atoms with E-state index in [2.05, 4.69) is 15.9 Å². The van der Waals surface area contributed by atoms with E-state index in [0.717, 1.165) is 18.2 Å². The number of hydrogen-bond donors (Lipinski definition) is 0. The number of aromatic nitrogens is 2. The van der Waals surface area contributed by atoms with Crippen molar-refractivity contribution in [2.24, 2.45) is 5.41 Å². The Labute approximate surface area is 230 Å². The van der Waals surface area contributed by atoms with Crippen LogP contribution in [0.5, 0.6) is 5.75 Å². The monoisotopic (exact) mass is 590 g/mol. The summed E-state index contributed by atoms with van der Waals surface area (Å²) in [4.78, 5) is 12.1. The molecule has 0 saturated carbocycles. The maximum absolute atomic E-state index is 14.0. The van der Waals surface area contributed by atoms with Gasteiger partial charge in [-0.3, -0.25) is 13.8 Å². The van der Waals surface area contributed by atoms with Crippen molar-refractivity contribution in [1.82, 2.24) is 9.78 Å². The van der Waals surface area contributed by atoms with Crippen LogP contribution >= 0.6 is 11.6 Å². The number of alkyl halides is 3. The van der Waals surface area contributed by atoms with Crippen molar-refractivity contribution < 1.29 is 35.9 Å². The van der Waals surface area contributed by atoms with E-state index in [4.69, 9.17) is 16.3 Å². The number of carbonyl (C=O) groups is 1. The minimum Gasteiger partial charge on any atom is -0.486 e. The number of nitrogens with zero attached hydrogens (tertiary/aromatic N) is 4. The highest BCUT2D eigenvalue weighted by atomic mass is 35.5. The first-order valence-electron chi connectivity index (χ1n) is 12.1. The average Bonchev–Trinajstić information content (AvgIpc) is 3.20. The minimum atomic E-state index is -4.78. The molecule has 39 heavy (non-hydrogen) atoms. The van der Waals surface area contributed by atoms with Gasteiger partial charge in [-0.15, -0.1) is 0 Å². The number of rotatable bonds is 8. The predicted octanol–water partition coefficient (Wildman–Crippen LogP) is 5.27. The van der Waals surface area contributed by atoms with Gasteiger partial charge in [0.15, 0.2) is 5.15 Å². The van der Waals surface area contributed by atoms with Crippen molar-refractivity contribution in [2.75, 3.05) is 4.31 Å². The lowest BCUT2D eigenvalue weighted by Gasteiger charge is -2.42. The molecule has 0 spiro atoms. The van der Waals surface area contributed by atoms with Crippen LogP contribution in [0.3, 0.4) is 0 Å². The second kappa shape index (κ2) is 10.5. The van der Waals surface area contributed by atoms with Crippen LogP contribution in [0.2, 0.25) is 5.15 Å². The van der Waals surface area contributed by atoms with Crippen LogP contribution in [0.15, 0.2) is 29.3 Å². The molecule has 0 radical (unpaired) electrons. The Morgan fingerprint density at radius 3 is 2.44 bits per heavy atom. The fourth-order valence-electron chi connectivity index (χ4n) is 4.05. The third-order valence-corrected chi connectivity index (χ3v) is 8.70. The number of halogens is 4. The van der Waals surface area contributed by atoms with Gasteiger partial charge in [-0.1, -0.05) is 17.7 Å². The Kier molecular flexibility index (Phi) is 8.26. The summed E-state index contributed by atoms with van der Waals surface area (Å²) in [7, 11) is -4.34. The molecule has 1 aromatic carbocycles. The molecule has 3 rings (SSSR count). The molecule has 1 aromatic heterocycles. The van der Waals surface area contributed by atoms with E-state index in [0.29, 0.717) is 6.54 Å². The zero-order valence-electron chi connectivity index (χ0n) is 22.3. The first-order valence-corrected chi connectivity index (χ1v) is 13.9. The van der Waals surface area contributed by atoms with E-state index in [1.54, 1.807) is 27.7 Å². The second-order valence-electron chi connectivity index (χ2n) is 10.5. The van der Waals surface area contributed by atoms with Gasteiger partial charge in [0.05, 0.1) is 29.6 Å². The summed E-state index contributed by atoms with van der Waals surface area (Å²) in [5, 5.41) is 13.3. The largest absolute Gasteiger partial charge is 0.486 e. The molecule has 2 heterocycles. The molecule has 0 fully saturated rings. The smallest absolute Gasteiger partial charge is 0.427 e. The molecule has 0 amide bonds. The Balaban J connectivity index is 2.07. The number of aryl methyl sites for hydroxylation is 1. The molecule has 2 aromatic rings. The third-order valence-electron chi connectivity index (χ3n) is 6.41. The lowest BCUT2D eigenvalue weighted by Crippen LogP contribution is -2.52. The van der Waals surface area contributed by atoms with Crippen LogP contribution in [0.1, 0.15) is 53.5 Å². The summed E-state index contributed by atoms with van der Waals surface area (Å²) in [6, 6.07) is 5.59. The maximum atomic E-state index is 14.0. The van der Waals surface area contributed by atoms with Gasteiger partial charge in [-0.25, -0.2) is 8.42 Å². The fraction of sp³-hybridized carbons (Fsp3) is 0.560. The molecule has 9 nitrogen and oxygen atoms in total. The van der Waals surface area contributed by atoms with E-state index in [1.165, 1.54) is 29.1 Å². The number of benzene rings is 1. The van der Waals surface area contributed by atoms with Crippen LogP contribution in [0.25, 0.3) is 0 Å². The molecule has 0 aliphatic carbocycles. The number of carbonyl (C=O) groups excluding carboxylic acids is 1. The van der Waals surface area contributed by atoms with Crippen molar-refractivity contribution in [1.29, 1.82) is 5.26 Å². The molecule has 14 heteroatoms. The van der Waals surface area contributed by atoms with Crippen molar-refractivity contribution in [3.63, 3.8) is 0 Å². The molecule has 2 atom stereocenters. The summed E-state index contributed by atoms with van der Waals surface area (Å²) in [5.41, 5.74) is -3.28. The molecule has 0 saturated heterocycles. The summed E-state index contributed by atoms with van der Waals surface area (Å²) < 4.78 is 80.7. The zero-order chi connectivity index (χ0) is 29.6. The van der Waals surface area contributed by atoms with Crippen molar-refractivity contribution in [3.8, 4) is 11.8 Å². The molecule has 0 N–H and O–H groups in total. The van der Waals surface area contributed by atoms with Crippen LogP contribution in [0.4, 0.5) is 18.9 Å². The molecular formula is C25H30ClF3N4O5S. The quantitative estimate of drug-likeness (QED) is 0.385. The molecular weight excluding hydrogens is 561 g/mol. The Hall–Kier alpha value is -2.98. The summed E-state index contributed by atoms with van der Waals surface area (Å²) >= 11 is 6.20. The number of fused-ring (bicyclic) bond motifs is 1. The Morgan fingerprint density at radius 2 is 1.90 bits per heavy atom. The minimum absolute atomic E-state index is 0.0641. The van der Waals surface area contributed by atoms with Gasteiger partial charge in [0.2, 0.25) is 5.60 Å². The van der Waals surface area contributed by atoms with Crippen LogP contribution in [-0.4, -0.2) is 48.1 Å². The van der Waals surface area contributed by atoms with Crippen LogP contribution in [0, 0.1) is 16.7 Å². The lowest BCUT2D eigenvalue weighted by atomic mass is 9.86. The van der Waals surface area contributed by atoms with Crippen LogP contribution in [-0.2, 0) is 32.5 Å². The van der Waals surface area contributed by atoms with E-state index in [9.17, 15) is 31.6 Å². The number of nitriles is 1. The molecule has 0 bridgehead atoms. The second-order valence-corrected chi connectivity index (χ2v) is 12.6. The highest BCUT2D eigenvalue weighted by molar-refractivity contribution is 7.93. The lowest BCUT2D eigenvalue weighted by molar-refractivity contribution is -0.257. The summed E-state index contributed by atoms with van der Waals surface area (Å²) in [6.07, 6.45) is -4.56. The fourth-order valence-corrected chi connectivity index (χ4v) is 6.19. The van der Waals surface area contributed by atoms with Gasteiger partial charge in [-0.05, 0) is 59.2 Å². The third kappa shape index (κ3) is 6.27.